The third-order valence-electron chi connectivity index (χ3n) is 4.23. The van der Waals surface area contributed by atoms with Crippen LogP contribution in [-0.4, -0.2) is 43.1 Å². The van der Waals surface area contributed by atoms with E-state index in [-0.39, 0.29) is 5.91 Å². The van der Waals surface area contributed by atoms with Crippen LogP contribution in [0.5, 0.6) is 5.75 Å². The number of carbonyl (C=O) groups excluding carboxylic acids is 1. The smallest absolute Gasteiger partial charge is 0.260 e. The van der Waals surface area contributed by atoms with E-state index < -0.39 is 0 Å². The van der Waals surface area contributed by atoms with E-state index in [0.717, 1.165) is 40.8 Å². The number of nitrogens with zero attached hydrogens (tertiary/aromatic N) is 2. The summed E-state index contributed by atoms with van der Waals surface area (Å²) >= 11 is 0. The highest BCUT2D eigenvalue weighted by atomic mass is 16.5. The van der Waals surface area contributed by atoms with Crippen LogP contribution in [0.15, 0.2) is 48.4 Å². The van der Waals surface area contributed by atoms with Gasteiger partial charge in [-0.05, 0) is 56.9 Å². The van der Waals surface area contributed by atoms with Crippen LogP contribution in [0.3, 0.4) is 0 Å². The molecule has 0 spiro atoms. The molecule has 5 nitrogen and oxygen atoms in total. The average Bonchev–Trinajstić information content (AvgIpc) is 2.97. The Morgan fingerprint density at radius 2 is 2.21 bits per heavy atom. The molecule has 2 aromatic rings. The van der Waals surface area contributed by atoms with E-state index in [4.69, 9.17) is 4.74 Å². The number of likely N-dealkylation sites (N-methyl/N-ethyl adjacent to an activating group) is 1. The van der Waals surface area contributed by atoms with Crippen LogP contribution in [0.25, 0.3) is 10.9 Å². The van der Waals surface area contributed by atoms with Gasteiger partial charge in [-0.2, -0.15) is 0 Å². The highest BCUT2D eigenvalue weighted by Crippen LogP contribution is 2.27. The number of dihydropyridines is 1. The van der Waals surface area contributed by atoms with Crippen LogP contribution >= 0.6 is 0 Å². The van der Waals surface area contributed by atoms with Gasteiger partial charge in [0.2, 0.25) is 0 Å². The molecule has 0 unspecified atom stereocenters. The van der Waals surface area contributed by atoms with Gasteiger partial charge in [-0.1, -0.05) is 6.08 Å². The van der Waals surface area contributed by atoms with Gasteiger partial charge < -0.3 is 15.0 Å². The largest absolute Gasteiger partial charge is 0.497 e. The van der Waals surface area contributed by atoms with Gasteiger partial charge in [0.25, 0.3) is 5.91 Å². The van der Waals surface area contributed by atoms with Crippen molar-refractivity contribution in [1.82, 2.24) is 14.8 Å². The molecule has 2 heterocycles. The van der Waals surface area contributed by atoms with Crippen molar-refractivity contribution in [2.45, 2.75) is 12.8 Å². The number of allylic oxidation sites excluding steroid dienone is 2. The second kappa shape index (κ2) is 6.93. The summed E-state index contributed by atoms with van der Waals surface area (Å²) in [5, 5.41) is 4.07. The lowest BCUT2D eigenvalue weighted by atomic mass is 10.1. The van der Waals surface area contributed by atoms with Gasteiger partial charge >= 0.3 is 0 Å². The minimum atomic E-state index is 0.0121. The molecular weight excluding hydrogens is 302 g/mol. The summed E-state index contributed by atoms with van der Waals surface area (Å²) in [5.41, 5.74) is 2.83. The van der Waals surface area contributed by atoms with Gasteiger partial charge in [0.1, 0.15) is 5.75 Å². The third-order valence-corrected chi connectivity index (χ3v) is 4.23. The summed E-state index contributed by atoms with van der Waals surface area (Å²) in [7, 11) is 5.76. The van der Waals surface area contributed by atoms with Crippen molar-refractivity contribution >= 4 is 16.8 Å². The van der Waals surface area contributed by atoms with Crippen molar-refractivity contribution in [3.63, 3.8) is 0 Å². The fraction of sp³-hybridized carbons (Fsp3) is 0.316. The molecule has 0 fully saturated rings. The zero-order valence-corrected chi connectivity index (χ0v) is 14.4. The Morgan fingerprint density at radius 3 is 2.88 bits per heavy atom. The predicted octanol–water partition coefficient (Wildman–Crippen LogP) is 2.79. The van der Waals surface area contributed by atoms with E-state index in [2.05, 4.69) is 24.3 Å². The minimum absolute atomic E-state index is 0.0121. The Kier molecular flexibility index (Phi) is 4.71. The highest BCUT2D eigenvalue weighted by Gasteiger charge is 2.18. The number of hydrogen-bond donors (Lipinski definition) is 1. The Hall–Kier alpha value is -2.53. The zero-order valence-electron chi connectivity index (χ0n) is 14.4. The monoisotopic (exact) mass is 325 g/mol. The maximum absolute atomic E-state index is 12.9. The summed E-state index contributed by atoms with van der Waals surface area (Å²) in [6.45, 7) is 0.928. The van der Waals surface area contributed by atoms with Crippen molar-refractivity contribution in [2.75, 3.05) is 27.7 Å². The van der Waals surface area contributed by atoms with Crippen LogP contribution in [0.2, 0.25) is 0 Å². The molecule has 0 saturated carbocycles. The van der Waals surface area contributed by atoms with Gasteiger partial charge in [0, 0.05) is 29.9 Å². The third kappa shape index (κ3) is 3.21. The van der Waals surface area contributed by atoms with Crippen molar-refractivity contribution < 1.29 is 9.53 Å². The summed E-state index contributed by atoms with van der Waals surface area (Å²) < 4.78 is 7.11. The summed E-state index contributed by atoms with van der Waals surface area (Å²) in [6, 6.07) is 5.87. The van der Waals surface area contributed by atoms with Gasteiger partial charge in [0.05, 0.1) is 12.6 Å². The molecule has 1 aliphatic heterocycles. The molecule has 1 aromatic carbocycles. The molecule has 0 radical (unpaired) electrons. The van der Waals surface area contributed by atoms with E-state index >= 15 is 0 Å². The van der Waals surface area contributed by atoms with Crippen LogP contribution in [0.1, 0.15) is 16.8 Å². The SMILES string of the molecule is COc1ccc2c(c1)c(CCN(C)C)cn2C(=O)C1=CNC=CC1. The molecule has 0 bridgehead atoms. The molecule has 1 aliphatic rings. The Balaban J connectivity index is 2.03. The standard InChI is InChI=1S/C19H23N3O2/c1-21(2)10-8-15-13-22(19(23)14-5-4-9-20-12-14)18-7-6-16(24-3)11-17(15)18/h4,6-7,9,11-13,20H,5,8,10H2,1-3H3. The van der Waals surface area contributed by atoms with E-state index in [1.165, 1.54) is 0 Å². The summed E-state index contributed by atoms with van der Waals surface area (Å²) in [6.07, 6.45) is 9.07. The number of carbonyl (C=O) groups is 1. The van der Waals surface area contributed by atoms with Crippen LogP contribution in [0, 0.1) is 0 Å². The fourth-order valence-electron chi connectivity index (χ4n) is 2.88. The lowest BCUT2D eigenvalue weighted by Gasteiger charge is -2.10. The summed E-state index contributed by atoms with van der Waals surface area (Å²) in [4.78, 5) is 15.0. The van der Waals surface area contributed by atoms with Gasteiger partial charge in [-0.3, -0.25) is 9.36 Å². The van der Waals surface area contributed by atoms with Crippen LogP contribution < -0.4 is 10.1 Å². The number of rotatable bonds is 5. The molecule has 126 valence electrons. The summed E-state index contributed by atoms with van der Waals surface area (Å²) in [5.74, 6) is 0.818. The molecule has 0 atom stereocenters. The maximum Gasteiger partial charge on any atom is 0.260 e. The lowest BCUT2D eigenvalue weighted by molar-refractivity contribution is 0.0957. The first kappa shape index (κ1) is 16.3. The molecule has 5 heteroatoms. The topological polar surface area (TPSA) is 46.5 Å². The molecule has 1 aromatic heterocycles. The van der Waals surface area contributed by atoms with Crippen molar-refractivity contribution in [3.8, 4) is 5.75 Å². The number of hydrogen-bond acceptors (Lipinski definition) is 4. The number of ether oxygens (including phenoxy) is 1. The van der Waals surface area contributed by atoms with Crippen LogP contribution in [-0.2, 0) is 6.42 Å². The van der Waals surface area contributed by atoms with Crippen LogP contribution in [0.4, 0.5) is 0 Å². The minimum Gasteiger partial charge on any atom is -0.497 e. The molecule has 24 heavy (non-hydrogen) atoms. The second-order valence-corrected chi connectivity index (χ2v) is 6.21. The Bertz CT molecular complexity index is 815. The van der Waals surface area contributed by atoms with Crippen molar-refractivity contribution in [3.05, 3.63) is 54.0 Å². The first-order valence-electron chi connectivity index (χ1n) is 8.07. The quantitative estimate of drug-likeness (QED) is 0.918. The zero-order chi connectivity index (χ0) is 17.1. The number of nitrogens with one attached hydrogen (secondary N) is 1. The van der Waals surface area contributed by atoms with Crippen molar-refractivity contribution in [2.24, 2.45) is 0 Å². The highest BCUT2D eigenvalue weighted by molar-refractivity contribution is 6.03. The fourth-order valence-corrected chi connectivity index (χ4v) is 2.88. The van der Waals surface area contributed by atoms with E-state index in [9.17, 15) is 4.79 Å². The number of aromatic nitrogens is 1. The number of benzene rings is 1. The van der Waals surface area contributed by atoms with Gasteiger partial charge in [-0.25, -0.2) is 0 Å². The Morgan fingerprint density at radius 1 is 1.38 bits per heavy atom. The number of methoxy groups -OCH3 is 1. The van der Waals surface area contributed by atoms with E-state index in [1.54, 1.807) is 17.9 Å². The first-order chi connectivity index (χ1) is 11.6. The van der Waals surface area contributed by atoms with E-state index in [1.807, 2.05) is 36.7 Å². The second-order valence-electron chi connectivity index (χ2n) is 6.21. The first-order valence-corrected chi connectivity index (χ1v) is 8.07. The molecule has 1 N–H and O–H groups in total. The molecule has 0 amide bonds. The lowest BCUT2D eigenvalue weighted by Crippen LogP contribution is -2.16. The van der Waals surface area contributed by atoms with E-state index in [0.29, 0.717) is 6.42 Å². The van der Waals surface area contributed by atoms with Crippen molar-refractivity contribution in [1.29, 1.82) is 0 Å². The maximum atomic E-state index is 12.9. The molecular formula is C19H23N3O2. The predicted molar refractivity (Wildman–Crippen MR) is 96.4 cm³/mol. The van der Waals surface area contributed by atoms with Gasteiger partial charge in [-0.15, -0.1) is 0 Å². The molecule has 3 rings (SSSR count). The average molecular weight is 325 g/mol. The molecule has 0 aliphatic carbocycles. The number of fused-ring (bicyclic) bond motifs is 1. The van der Waals surface area contributed by atoms with Gasteiger partial charge in [0.15, 0.2) is 0 Å². The Labute approximate surface area is 142 Å². The molecule has 0 saturated heterocycles. The normalized spacial score (nSPS) is 13.9.